The molecule has 0 radical (unpaired) electrons. The molecule has 1 aliphatic heterocycles. The minimum absolute atomic E-state index is 1.21. The molecule has 20 heavy (non-hydrogen) atoms. The second-order valence-electron chi connectivity index (χ2n) is 4.49. The van der Waals surface area contributed by atoms with Crippen LogP contribution in [0.3, 0.4) is 0 Å². The fourth-order valence-corrected chi connectivity index (χ4v) is 1.62. The molecule has 0 saturated carbocycles. The molecule has 0 aromatic carbocycles. The highest BCUT2D eigenvalue weighted by Gasteiger charge is 2.06. The third-order valence-corrected chi connectivity index (χ3v) is 2.75. The highest BCUT2D eigenvalue weighted by Crippen LogP contribution is 1.96. The average molecular weight is 281 g/mol. The topological polar surface area (TPSA) is 19.4 Å². The average Bonchev–Trinajstić information content (AvgIpc) is 2.69. The fraction of sp³-hybridized carbons (Fsp3) is 0.706. The maximum Gasteiger partial charge on any atom is 0.0297 e. The summed E-state index contributed by atoms with van der Waals surface area (Å²) in [6.45, 7) is 15.0. The van der Waals surface area contributed by atoms with Crippen molar-refractivity contribution in [1.82, 2.24) is 14.8 Å². The molecule has 1 aromatic heterocycles. The molecule has 3 nitrogen and oxygen atoms in total. The maximum atomic E-state index is 3.88. The van der Waals surface area contributed by atoms with Gasteiger partial charge in [-0.15, -0.1) is 0 Å². The van der Waals surface area contributed by atoms with Gasteiger partial charge in [-0.1, -0.05) is 33.8 Å². The van der Waals surface area contributed by atoms with Gasteiger partial charge < -0.3 is 9.80 Å². The molecule has 0 amide bonds. The van der Waals surface area contributed by atoms with E-state index in [-0.39, 0.29) is 0 Å². The second kappa shape index (κ2) is 16.1. The van der Waals surface area contributed by atoms with Crippen LogP contribution in [0.4, 0.5) is 0 Å². The van der Waals surface area contributed by atoms with Crippen molar-refractivity contribution in [3.63, 3.8) is 0 Å². The van der Waals surface area contributed by atoms with Crippen LogP contribution in [0, 0.1) is 6.92 Å². The number of aromatic nitrogens is 1. The van der Waals surface area contributed by atoms with Gasteiger partial charge in [-0.3, -0.25) is 4.98 Å². The van der Waals surface area contributed by atoms with E-state index in [2.05, 4.69) is 28.9 Å². The minimum atomic E-state index is 1.21. The molecule has 118 valence electrons. The van der Waals surface area contributed by atoms with Crippen LogP contribution in [0.25, 0.3) is 0 Å². The molecule has 2 heterocycles. The molecule has 3 heteroatoms. The second-order valence-corrected chi connectivity index (χ2v) is 4.49. The van der Waals surface area contributed by atoms with Crippen molar-refractivity contribution in [3.8, 4) is 0 Å². The largest absolute Gasteiger partial charge is 0.305 e. The van der Waals surface area contributed by atoms with Gasteiger partial charge in [0.1, 0.15) is 0 Å². The number of hydrogen-bond donors (Lipinski definition) is 0. The standard InChI is InChI=1S/C7H16N2.C6H7N.2C2H6/c1-8-4-3-5-9(2)7-6-8;1-6-3-2-4-7-5-6;2*1-2/h3-7H2,1-2H3;2-5H,1H3;2*1-2H3. The molecular formula is C17H35N3. The molecule has 1 saturated heterocycles. The van der Waals surface area contributed by atoms with E-state index in [1.807, 2.05) is 52.9 Å². The Morgan fingerprint density at radius 1 is 0.900 bits per heavy atom. The first-order valence-electron chi connectivity index (χ1n) is 7.92. The van der Waals surface area contributed by atoms with Crippen LogP contribution in [0.1, 0.15) is 39.7 Å². The van der Waals surface area contributed by atoms with Gasteiger partial charge in [-0.2, -0.15) is 0 Å². The summed E-state index contributed by atoms with van der Waals surface area (Å²) in [6, 6.07) is 3.95. The molecule has 0 atom stereocenters. The molecule has 1 fully saturated rings. The van der Waals surface area contributed by atoms with Crippen LogP contribution in [-0.4, -0.2) is 55.1 Å². The van der Waals surface area contributed by atoms with Crippen molar-refractivity contribution in [3.05, 3.63) is 30.1 Å². The van der Waals surface area contributed by atoms with Crippen LogP contribution in [-0.2, 0) is 0 Å². The van der Waals surface area contributed by atoms with Gasteiger partial charge in [0.15, 0.2) is 0 Å². The first kappa shape index (κ1) is 21.4. The first-order chi connectivity index (χ1) is 9.68. The van der Waals surface area contributed by atoms with Gasteiger partial charge in [0.2, 0.25) is 0 Å². The highest BCUT2D eigenvalue weighted by atomic mass is 15.2. The van der Waals surface area contributed by atoms with Crippen molar-refractivity contribution in [1.29, 1.82) is 0 Å². The van der Waals surface area contributed by atoms with Crippen LogP contribution < -0.4 is 0 Å². The van der Waals surface area contributed by atoms with E-state index < -0.39 is 0 Å². The molecule has 1 aromatic rings. The lowest BCUT2D eigenvalue weighted by Crippen LogP contribution is -2.25. The van der Waals surface area contributed by atoms with Gasteiger partial charge in [0.25, 0.3) is 0 Å². The van der Waals surface area contributed by atoms with E-state index in [4.69, 9.17) is 0 Å². The van der Waals surface area contributed by atoms with E-state index in [0.29, 0.717) is 0 Å². The van der Waals surface area contributed by atoms with E-state index in [1.165, 1.54) is 38.2 Å². The van der Waals surface area contributed by atoms with Crippen molar-refractivity contribution < 1.29 is 0 Å². The molecule has 2 rings (SSSR count). The SMILES string of the molecule is CC.CC.CN1CCCN(C)CC1.Cc1cccnc1. The Labute approximate surface area is 127 Å². The minimum Gasteiger partial charge on any atom is -0.305 e. The predicted octanol–water partition coefficient (Wildman–Crippen LogP) is 3.70. The fourth-order valence-electron chi connectivity index (χ4n) is 1.62. The molecule has 0 spiro atoms. The van der Waals surface area contributed by atoms with Crippen LogP contribution in [0.5, 0.6) is 0 Å². The third kappa shape index (κ3) is 13.5. The molecule has 1 aliphatic rings. The van der Waals surface area contributed by atoms with E-state index in [1.54, 1.807) is 6.20 Å². The van der Waals surface area contributed by atoms with E-state index in [0.717, 1.165) is 0 Å². The molecule has 0 bridgehead atoms. The summed E-state index contributed by atoms with van der Waals surface area (Å²) in [6.07, 6.45) is 4.93. The summed E-state index contributed by atoms with van der Waals surface area (Å²) in [5, 5.41) is 0. The Bertz CT molecular complexity index is 265. The van der Waals surface area contributed by atoms with E-state index in [9.17, 15) is 0 Å². The van der Waals surface area contributed by atoms with Crippen molar-refractivity contribution in [2.75, 3.05) is 40.3 Å². The van der Waals surface area contributed by atoms with Crippen molar-refractivity contribution in [2.45, 2.75) is 41.0 Å². The maximum absolute atomic E-state index is 3.88. The Hall–Kier alpha value is -0.930. The van der Waals surface area contributed by atoms with Gasteiger partial charge >= 0.3 is 0 Å². The Kier molecular flexibility index (Phi) is 17.2. The number of pyridine rings is 1. The number of likely N-dealkylation sites (N-methyl/N-ethyl adjacent to an activating group) is 2. The summed E-state index contributed by atoms with van der Waals surface area (Å²) in [7, 11) is 4.39. The summed E-state index contributed by atoms with van der Waals surface area (Å²) < 4.78 is 0. The zero-order valence-corrected chi connectivity index (χ0v) is 14.7. The monoisotopic (exact) mass is 281 g/mol. The van der Waals surface area contributed by atoms with Crippen molar-refractivity contribution >= 4 is 0 Å². The predicted molar refractivity (Wildman–Crippen MR) is 91.3 cm³/mol. The Morgan fingerprint density at radius 2 is 1.40 bits per heavy atom. The molecule has 0 N–H and O–H groups in total. The smallest absolute Gasteiger partial charge is 0.0297 e. The Balaban J connectivity index is 0. The lowest BCUT2D eigenvalue weighted by atomic mass is 10.3. The van der Waals surface area contributed by atoms with Gasteiger partial charge in [0, 0.05) is 25.5 Å². The van der Waals surface area contributed by atoms with Crippen LogP contribution >= 0.6 is 0 Å². The highest BCUT2D eigenvalue weighted by molar-refractivity contribution is 5.04. The molecule has 0 unspecified atom stereocenters. The normalized spacial score (nSPS) is 15.3. The van der Waals surface area contributed by atoms with Gasteiger partial charge in [-0.25, -0.2) is 0 Å². The Morgan fingerprint density at radius 3 is 1.70 bits per heavy atom. The van der Waals surface area contributed by atoms with Crippen LogP contribution in [0.2, 0.25) is 0 Å². The lowest BCUT2D eigenvalue weighted by Gasteiger charge is -2.13. The molecule has 0 aliphatic carbocycles. The van der Waals surface area contributed by atoms with Crippen LogP contribution in [0.15, 0.2) is 24.5 Å². The zero-order valence-electron chi connectivity index (χ0n) is 14.7. The summed E-state index contributed by atoms with van der Waals surface area (Å²) in [5.41, 5.74) is 1.21. The quantitative estimate of drug-likeness (QED) is 0.723. The third-order valence-electron chi connectivity index (χ3n) is 2.75. The zero-order chi connectivity index (χ0) is 15.8. The van der Waals surface area contributed by atoms with Crippen molar-refractivity contribution in [2.24, 2.45) is 0 Å². The number of hydrogen-bond acceptors (Lipinski definition) is 3. The summed E-state index contributed by atoms with van der Waals surface area (Å²) in [5.74, 6) is 0. The summed E-state index contributed by atoms with van der Waals surface area (Å²) in [4.78, 5) is 8.67. The number of aryl methyl sites for hydroxylation is 1. The lowest BCUT2D eigenvalue weighted by molar-refractivity contribution is 0.320. The summed E-state index contributed by atoms with van der Waals surface area (Å²) >= 11 is 0. The number of nitrogens with zero attached hydrogens (tertiary/aromatic N) is 3. The first-order valence-corrected chi connectivity index (χ1v) is 7.92. The van der Waals surface area contributed by atoms with Gasteiger partial charge in [0.05, 0.1) is 0 Å². The van der Waals surface area contributed by atoms with E-state index >= 15 is 0 Å². The number of rotatable bonds is 0. The molecular weight excluding hydrogens is 246 g/mol. The van der Waals surface area contributed by atoms with Gasteiger partial charge in [-0.05, 0) is 52.2 Å².